The number of hydrogen-bond acceptors (Lipinski definition) is 5. The number of benzene rings is 3. The monoisotopic (exact) mass is 484 g/mol. The van der Waals surface area contributed by atoms with Crippen LogP contribution in [0.4, 0.5) is 11.4 Å². The number of hydrazone groups is 1. The van der Waals surface area contributed by atoms with Crippen LogP contribution < -0.4 is 14.6 Å². The first-order chi connectivity index (χ1) is 15.7. The molecule has 1 N–H and O–H groups in total. The van der Waals surface area contributed by atoms with Crippen molar-refractivity contribution in [3.8, 4) is 0 Å². The van der Waals surface area contributed by atoms with Gasteiger partial charge < -0.3 is 4.90 Å². The van der Waals surface area contributed by atoms with Crippen LogP contribution in [0.1, 0.15) is 11.1 Å². The maximum Gasteiger partial charge on any atom is 0.264 e. The normalized spacial score (nSPS) is 11.4. The fourth-order valence-electron chi connectivity index (χ4n) is 2.99. The van der Waals surface area contributed by atoms with Gasteiger partial charge in [0.1, 0.15) is 6.54 Å². The third-order valence-corrected chi connectivity index (χ3v) is 6.83. The van der Waals surface area contributed by atoms with Crippen LogP contribution in [0.2, 0.25) is 5.02 Å². The predicted molar refractivity (Wildman–Crippen MR) is 134 cm³/mol. The van der Waals surface area contributed by atoms with Crippen molar-refractivity contribution in [2.45, 2.75) is 11.8 Å². The second-order valence-electron chi connectivity index (χ2n) is 7.58. The summed E-state index contributed by atoms with van der Waals surface area (Å²) < 4.78 is 27.7. The Kier molecular flexibility index (Phi) is 7.73. The van der Waals surface area contributed by atoms with Crippen LogP contribution >= 0.6 is 11.6 Å². The van der Waals surface area contributed by atoms with E-state index in [9.17, 15) is 13.2 Å². The summed E-state index contributed by atoms with van der Waals surface area (Å²) in [5, 5.41) is 4.32. The smallest absolute Gasteiger partial charge is 0.264 e. The predicted octanol–water partition coefficient (Wildman–Crippen LogP) is 4.06. The van der Waals surface area contributed by atoms with Crippen molar-refractivity contribution in [1.82, 2.24) is 5.43 Å². The number of aryl methyl sites for hydroxylation is 1. The molecule has 3 aromatic carbocycles. The summed E-state index contributed by atoms with van der Waals surface area (Å²) in [4.78, 5) is 14.7. The third-order valence-electron chi connectivity index (χ3n) is 4.80. The van der Waals surface area contributed by atoms with Gasteiger partial charge in [-0.3, -0.25) is 9.10 Å². The molecule has 9 heteroatoms. The van der Waals surface area contributed by atoms with E-state index in [4.69, 9.17) is 11.6 Å². The average molecular weight is 485 g/mol. The van der Waals surface area contributed by atoms with Crippen LogP contribution in [-0.2, 0) is 14.8 Å². The highest BCUT2D eigenvalue weighted by molar-refractivity contribution is 7.92. The Morgan fingerprint density at radius 1 is 1.00 bits per heavy atom. The second-order valence-corrected chi connectivity index (χ2v) is 9.88. The number of rotatable bonds is 8. The molecular weight excluding hydrogens is 460 g/mol. The Bertz CT molecular complexity index is 1240. The molecule has 0 fully saturated rings. The molecule has 0 saturated carbocycles. The highest BCUT2D eigenvalue weighted by atomic mass is 35.5. The van der Waals surface area contributed by atoms with Crippen molar-refractivity contribution in [2.75, 3.05) is 29.8 Å². The van der Waals surface area contributed by atoms with Crippen LogP contribution in [-0.4, -0.2) is 41.2 Å². The van der Waals surface area contributed by atoms with Crippen molar-refractivity contribution in [3.05, 3.63) is 88.9 Å². The molecular formula is C24H25ClN4O3S. The molecule has 7 nitrogen and oxygen atoms in total. The number of amides is 1. The maximum atomic E-state index is 13.3. The maximum absolute atomic E-state index is 13.3. The minimum Gasteiger partial charge on any atom is -0.378 e. The summed E-state index contributed by atoms with van der Waals surface area (Å²) in [5.74, 6) is -0.591. The fourth-order valence-corrected chi connectivity index (χ4v) is 4.58. The molecule has 0 heterocycles. The van der Waals surface area contributed by atoms with Gasteiger partial charge in [-0.15, -0.1) is 0 Å². The van der Waals surface area contributed by atoms with Crippen molar-refractivity contribution < 1.29 is 13.2 Å². The summed E-state index contributed by atoms with van der Waals surface area (Å²) in [7, 11) is -0.127. The highest BCUT2D eigenvalue weighted by Gasteiger charge is 2.27. The van der Waals surface area contributed by atoms with E-state index in [2.05, 4.69) is 10.5 Å². The number of nitrogens with zero attached hydrogens (tertiary/aromatic N) is 3. The number of halogens is 1. The van der Waals surface area contributed by atoms with E-state index in [-0.39, 0.29) is 10.6 Å². The zero-order valence-corrected chi connectivity index (χ0v) is 20.1. The molecule has 3 aromatic rings. The lowest BCUT2D eigenvalue weighted by Crippen LogP contribution is -2.39. The summed E-state index contributed by atoms with van der Waals surface area (Å²) >= 11 is 6.08. The van der Waals surface area contributed by atoms with E-state index in [1.54, 1.807) is 30.3 Å². The van der Waals surface area contributed by atoms with Crippen LogP contribution in [0.3, 0.4) is 0 Å². The van der Waals surface area contributed by atoms with E-state index in [0.29, 0.717) is 5.02 Å². The van der Waals surface area contributed by atoms with Gasteiger partial charge in [0, 0.05) is 24.8 Å². The number of hydrogen-bond donors (Lipinski definition) is 1. The zero-order chi connectivity index (χ0) is 24.0. The SMILES string of the molecule is Cc1ccc(S(=O)(=O)N(CC(=O)N/N=C\c2ccc(N(C)C)cc2)c2cccc(Cl)c2)cc1. The Labute approximate surface area is 199 Å². The van der Waals surface area contributed by atoms with Crippen LogP contribution in [0, 0.1) is 6.92 Å². The topological polar surface area (TPSA) is 82.1 Å². The molecule has 0 aliphatic carbocycles. The lowest BCUT2D eigenvalue weighted by Gasteiger charge is -2.24. The van der Waals surface area contributed by atoms with Crippen LogP contribution in [0.15, 0.2) is 82.8 Å². The van der Waals surface area contributed by atoms with Crippen molar-refractivity contribution in [2.24, 2.45) is 5.10 Å². The molecule has 33 heavy (non-hydrogen) atoms. The molecule has 0 aliphatic rings. The Morgan fingerprint density at radius 3 is 2.27 bits per heavy atom. The van der Waals surface area contributed by atoms with E-state index < -0.39 is 22.5 Å². The first kappa shape index (κ1) is 24.3. The van der Waals surface area contributed by atoms with Crippen molar-refractivity contribution in [3.63, 3.8) is 0 Å². The summed E-state index contributed by atoms with van der Waals surface area (Å²) in [6.45, 7) is 1.40. The molecule has 3 rings (SSSR count). The minimum atomic E-state index is -4.02. The van der Waals surface area contributed by atoms with Crippen LogP contribution in [0.25, 0.3) is 0 Å². The molecule has 172 valence electrons. The average Bonchev–Trinajstić information content (AvgIpc) is 2.78. The molecule has 0 atom stereocenters. The van der Waals surface area contributed by atoms with Crippen LogP contribution in [0.5, 0.6) is 0 Å². The third kappa shape index (κ3) is 6.34. The number of carbonyl (C=O) groups excluding carboxylic acids is 1. The molecule has 1 amide bonds. The molecule has 0 bridgehead atoms. The van der Waals surface area contributed by atoms with E-state index in [0.717, 1.165) is 21.1 Å². The van der Waals surface area contributed by atoms with Gasteiger partial charge in [0.25, 0.3) is 15.9 Å². The lowest BCUT2D eigenvalue weighted by atomic mass is 10.2. The molecule has 0 unspecified atom stereocenters. The van der Waals surface area contributed by atoms with Gasteiger partial charge in [-0.1, -0.05) is 47.5 Å². The highest BCUT2D eigenvalue weighted by Crippen LogP contribution is 2.26. The molecule has 0 aromatic heterocycles. The van der Waals surface area contributed by atoms with Gasteiger partial charge in [-0.2, -0.15) is 5.10 Å². The number of carbonyl (C=O) groups is 1. The quantitative estimate of drug-likeness (QED) is 0.386. The van der Waals surface area contributed by atoms with E-state index in [1.807, 2.05) is 50.2 Å². The molecule has 0 aliphatic heterocycles. The van der Waals surface area contributed by atoms with Gasteiger partial charge in [0.05, 0.1) is 16.8 Å². The fraction of sp³-hybridized carbons (Fsp3) is 0.167. The zero-order valence-electron chi connectivity index (χ0n) is 18.6. The standard InChI is InChI=1S/C24H25ClN4O3S/c1-18-7-13-23(14-8-18)33(31,32)29(22-6-4-5-20(25)15-22)17-24(30)27-26-16-19-9-11-21(12-10-19)28(2)3/h4-16H,17H2,1-3H3,(H,27,30)/b26-16-. The summed E-state index contributed by atoms with van der Waals surface area (Å²) in [5.41, 5.74) is 5.43. The van der Waals surface area contributed by atoms with Gasteiger partial charge in [-0.25, -0.2) is 13.8 Å². The number of sulfonamides is 1. The Morgan fingerprint density at radius 2 is 1.67 bits per heavy atom. The minimum absolute atomic E-state index is 0.0744. The van der Waals surface area contributed by atoms with Crippen molar-refractivity contribution in [1.29, 1.82) is 0 Å². The van der Waals surface area contributed by atoms with E-state index in [1.165, 1.54) is 24.4 Å². The van der Waals surface area contributed by atoms with Gasteiger partial charge in [0.2, 0.25) is 0 Å². The lowest BCUT2D eigenvalue weighted by molar-refractivity contribution is -0.119. The first-order valence-electron chi connectivity index (χ1n) is 10.1. The van der Waals surface area contributed by atoms with Gasteiger partial charge in [0.15, 0.2) is 0 Å². The first-order valence-corrected chi connectivity index (χ1v) is 11.9. The molecule has 0 spiro atoms. The van der Waals surface area contributed by atoms with Gasteiger partial charge in [-0.05, 0) is 55.0 Å². The Hall–Kier alpha value is -3.36. The second kappa shape index (κ2) is 10.5. The Balaban J connectivity index is 1.80. The number of anilines is 2. The largest absolute Gasteiger partial charge is 0.378 e. The van der Waals surface area contributed by atoms with Crippen molar-refractivity contribution >= 4 is 45.1 Å². The molecule has 0 saturated heterocycles. The molecule has 0 radical (unpaired) electrons. The summed E-state index contributed by atoms with van der Waals surface area (Å²) in [6, 6.07) is 20.4. The summed E-state index contributed by atoms with van der Waals surface area (Å²) in [6.07, 6.45) is 1.50. The van der Waals surface area contributed by atoms with E-state index >= 15 is 0 Å². The number of nitrogens with one attached hydrogen (secondary N) is 1. The van der Waals surface area contributed by atoms with Gasteiger partial charge >= 0.3 is 0 Å².